The Labute approximate surface area is 150 Å². The predicted octanol–water partition coefficient (Wildman–Crippen LogP) is 3.49. The first-order chi connectivity index (χ1) is 12.3. The van der Waals surface area contributed by atoms with E-state index in [4.69, 9.17) is 0 Å². The standard InChI is InChI=1S/C19H17N5O2/c1-10-14-7-13(5-6-17(14)24(22-10)19(25)26)18-15(8-20)11(2)23(4)12(3)16(18)9-21/h5-7,18H,1-4H3,(H,25,26). The Morgan fingerprint density at radius 1 is 1.15 bits per heavy atom. The fourth-order valence-corrected chi connectivity index (χ4v) is 3.41. The molecule has 1 aliphatic rings. The van der Waals surface area contributed by atoms with E-state index in [9.17, 15) is 20.4 Å². The van der Waals surface area contributed by atoms with Crippen molar-refractivity contribution in [1.82, 2.24) is 14.7 Å². The number of nitriles is 2. The molecule has 0 atom stereocenters. The molecule has 1 N–H and O–H groups in total. The lowest BCUT2D eigenvalue weighted by Crippen LogP contribution is -2.25. The van der Waals surface area contributed by atoms with E-state index < -0.39 is 12.0 Å². The molecular weight excluding hydrogens is 330 g/mol. The van der Waals surface area contributed by atoms with Gasteiger partial charge in [-0.25, -0.2) is 4.79 Å². The zero-order valence-corrected chi connectivity index (χ0v) is 14.9. The van der Waals surface area contributed by atoms with Gasteiger partial charge in [-0.1, -0.05) is 6.07 Å². The summed E-state index contributed by atoms with van der Waals surface area (Å²) in [7, 11) is 1.83. The number of rotatable bonds is 1. The molecule has 0 bridgehead atoms. The maximum absolute atomic E-state index is 11.3. The number of hydrogen-bond acceptors (Lipinski definition) is 5. The van der Waals surface area contributed by atoms with Gasteiger partial charge in [0.25, 0.3) is 0 Å². The highest BCUT2D eigenvalue weighted by Crippen LogP contribution is 2.41. The van der Waals surface area contributed by atoms with E-state index in [0.717, 1.165) is 21.6 Å². The SMILES string of the molecule is CC1=C(C#N)C(c2ccc3c(c2)c(C)nn3C(=O)O)C(C#N)=C(C)N1C. The molecule has 0 saturated heterocycles. The minimum Gasteiger partial charge on any atom is -0.463 e. The third kappa shape index (κ3) is 2.34. The molecule has 7 nitrogen and oxygen atoms in total. The van der Waals surface area contributed by atoms with Crippen molar-refractivity contribution < 1.29 is 9.90 Å². The zero-order valence-electron chi connectivity index (χ0n) is 14.9. The molecule has 0 radical (unpaired) electrons. The van der Waals surface area contributed by atoms with E-state index >= 15 is 0 Å². The summed E-state index contributed by atoms with van der Waals surface area (Å²) in [4.78, 5) is 13.2. The molecule has 130 valence electrons. The number of benzene rings is 1. The van der Waals surface area contributed by atoms with E-state index in [-0.39, 0.29) is 0 Å². The van der Waals surface area contributed by atoms with Crippen molar-refractivity contribution in [2.45, 2.75) is 26.7 Å². The monoisotopic (exact) mass is 347 g/mol. The van der Waals surface area contributed by atoms with Crippen molar-refractivity contribution in [3.8, 4) is 12.1 Å². The predicted molar refractivity (Wildman–Crippen MR) is 95.0 cm³/mol. The number of hydrogen-bond donors (Lipinski definition) is 1. The van der Waals surface area contributed by atoms with Gasteiger partial charge in [0.05, 0.1) is 40.4 Å². The van der Waals surface area contributed by atoms with Gasteiger partial charge in [-0.2, -0.15) is 20.3 Å². The Morgan fingerprint density at radius 2 is 1.73 bits per heavy atom. The first-order valence-corrected chi connectivity index (χ1v) is 7.99. The van der Waals surface area contributed by atoms with Gasteiger partial charge in [-0.3, -0.25) is 0 Å². The Kier molecular flexibility index (Phi) is 4.01. The summed E-state index contributed by atoms with van der Waals surface area (Å²) >= 11 is 0. The first-order valence-electron chi connectivity index (χ1n) is 7.99. The zero-order chi connectivity index (χ0) is 19.2. The van der Waals surface area contributed by atoms with Gasteiger partial charge < -0.3 is 10.0 Å². The summed E-state index contributed by atoms with van der Waals surface area (Å²) in [6.45, 7) is 5.45. The lowest BCUT2D eigenvalue weighted by Gasteiger charge is -2.32. The molecule has 7 heteroatoms. The van der Waals surface area contributed by atoms with Gasteiger partial charge in [0.15, 0.2) is 0 Å². The number of carboxylic acid groups (broad SMARTS) is 1. The number of fused-ring (bicyclic) bond motifs is 1. The smallest absolute Gasteiger partial charge is 0.432 e. The summed E-state index contributed by atoms with van der Waals surface area (Å²) in [5.41, 5.74) is 4.44. The van der Waals surface area contributed by atoms with Crippen LogP contribution in [0.3, 0.4) is 0 Å². The second-order valence-corrected chi connectivity index (χ2v) is 6.27. The molecule has 26 heavy (non-hydrogen) atoms. The highest BCUT2D eigenvalue weighted by atomic mass is 16.4. The van der Waals surface area contributed by atoms with E-state index in [1.807, 2.05) is 31.9 Å². The van der Waals surface area contributed by atoms with Crippen LogP contribution in [0.1, 0.15) is 31.0 Å². The number of aryl methyl sites for hydroxylation is 1. The van der Waals surface area contributed by atoms with Crippen molar-refractivity contribution >= 4 is 17.0 Å². The van der Waals surface area contributed by atoms with Gasteiger partial charge >= 0.3 is 6.09 Å². The lowest BCUT2D eigenvalue weighted by atomic mass is 9.81. The minimum atomic E-state index is -1.16. The molecule has 2 heterocycles. The molecule has 0 saturated carbocycles. The molecule has 0 aliphatic carbocycles. The van der Waals surface area contributed by atoms with E-state index in [2.05, 4.69) is 17.2 Å². The van der Waals surface area contributed by atoms with E-state index in [1.54, 1.807) is 19.1 Å². The average Bonchev–Trinajstić information content (AvgIpc) is 2.96. The van der Waals surface area contributed by atoms with Crippen LogP contribution in [-0.2, 0) is 0 Å². The Bertz CT molecular complexity index is 1050. The van der Waals surface area contributed by atoms with Crippen LogP contribution in [-0.4, -0.2) is 32.9 Å². The number of aromatic nitrogens is 2. The van der Waals surface area contributed by atoms with Crippen LogP contribution in [0.15, 0.2) is 40.7 Å². The second kappa shape index (κ2) is 6.05. The number of carbonyl (C=O) groups is 1. The minimum absolute atomic E-state index is 0.474. The Hall–Kier alpha value is -3.58. The topological polar surface area (TPSA) is 106 Å². The number of nitrogens with zero attached hydrogens (tertiary/aromatic N) is 5. The van der Waals surface area contributed by atoms with Crippen LogP contribution in [0.5, 0.6) is 0 Å². The van der Waals surface area contributed by atoms with Gasteiger partial charge in [0.1, 0.15) is 0 Å². The van der Waals surface area contributed by atoms with Gasteiger partial charge in [0.2, 0.25) is 0 Å². The molecule has 1 aromatic heterocycles. The Morgan fingerprint density at radius 3 is 2.23 bits per heavy atom. The molecule has 1 aromatic carbocycles. The van der Waals surface area contributed by atoms with Crippen LogP contribution in [0, 0.1) is 29.6 Å². The first kappa shape index (κ1) is 17.2. The third-order valence-electron chi connectivity index (χ3n) is 5.01. The van der Waals surface area contributed by atoms with Crippen molar-refractivity contribution in [2.24, 2.45) is 0 Å². The summed E-state index contributed by atoms with van der Waals surface area (Å²) in [5, 5.41) is 33.4. The second-order valence-electron chi connectivity index (χ2n) is 6.27. The molecule has 0 spiro atoms. The highest BCUT2D eigenvalue weighted by molar-refractivity contribution is 5.89. The van der Waals surface area contributed by atoms with Crippen molar-refractivity contribution in [3.63, 3.8) is 0 Å². The average molecular weight is 347 g/mol. The molecule has 3 rings (SSSR count). The lowest BCUT2D eigenvalue weighted by molar-refractivity contribution is 0.194. The largest absolute Gasteiger partial charge is 0.463 e. The molecule has 0 unspecified atom stereocenters. The summed E-state index contributed by atoms with van der Waals surface area (Å²) in [6, 6.07) is 9.73. The molecule has 2 aromatic rings. The maximum Gasteiger partial charge on any atom is 0.432 e. The highest BCUT2D eigenvalue weighted by Gasteiger charge is 2.32. The summed E-state index contributed by atoms with van der Waals surface area (Å²) in [5.74, 6) is -0.474. The summed E-state index contributed by atoms with van der Waals surface area (Å²) in [6.07, 6.45) is -1.16. The normalized spacial score (nSPS) is 15.4. The molecular formula is C19H17N5O2. The number of allylic oxidation sites excluding steroid dienone is 4. The van der Waals surface area contributed by atoms with Crippen molar-refractivity contribution in [1.29, 1.82) is 10.5 Å². The van der Waals surface area contributed by atoms with Crippen molar-refractivity contribution in [2.75, 3.05) is 7.05 Å². The Balaban J connectivity index is 2.27. The maximum atomic E-state index is 11.3. The quantitative estimate of drug-likeness (QED) is 0.846. The van der Waals surface area contributed by atoms with E-state index in [0.29, 0.717) is 27.7 Å². The summed E-state index contributed by atoms with van der Waals surface area (Å²) < 4.78 is 0.932. The fourth-order valence-electron chi connectivity index (χ4n) is 3.41. The van der Waals surface area contributed by atoms with Gasteiger partial charge in [0, 0.05) is 23.8 Å². The van der Waals surface area contributed by atoms with E-state index in [1.165, 1.54) is 0 Å². The molecule has 0 fully saturated rings. The molecule has 1 aliphatic heterocycles. The van der Waals surface area contributed by atoms with Crippen molar-refractivity contribution in [3.05, 3.63) is 52.0 Å². The third-order valence-corrected chi connectivity index (χ3v) is 5.01. The fraction of sp³-hybridized carbons (Fsp3) is 0.263. The van der Waals surface area contributed by atoms with Crippen LogP contribution in [0.25, 0.3) is 10.9 Å². The van der Waals surface area contributed by atoms with Gasteiger partial charge in [-0.05, 0) is 38.5 Å². The van der Waals surface area contributed by atoms with Crippen LogP contribution in [0.4, 0.5) is 4.79 Å². The van der Waals surface area contributed by atoms with Crippen LogP contribution in [0.2, 0.25) is 0 Å². The molecule has 0 amide bonds. The van der Waals surface area contributed by atoms with Crippen LogP contribution >= 0.6 is 0 Å². The van der Waals surface area contributed by atoms with Gasteiger partial charge in [-0.15, -0.1) is 0 Å². The van der Waals surface area contributed by atoms with Crippen LogP contribution < -0.4 is 0 Å².